The molecule has 4 aromatic rings. The number of para-hydroxylation sites is 1. The SMILES string of the molecule is COC[C@H](C)n1c(C)cc(C(=O)CSc2nnc(-c3ccco3)n2-c2ccccc2)c1C. The highest BCUT2D eigenvalue weighted by Crippen LogP contribution is 2.29. The summed E-state index contributed by atoms with van der Waals surface area (Å²) >= 11 is 1.37. The van der Waals surface area contributed by atoms with Crippen LogP contribution < -0.4 is 0 Å². The normalized spacial score (nSPS) is 12.2. The molecule has 166 valence electrons. The minimum atomic E-state index is 0.0566. The van der Waals surface area contributed by atoms with Gasteiger partial charge in [0.1, 0.15) is 0 Å². The summed E-state index contributed by atoms with van der Waals surface area (Å²) in [6.07, 6.45) is 1.61. The van der Waals surface area contributed by atoms with Crippen LogP contribution in [0.4, 0.5) is 0 Å². The summed E-state index contributed by atoms with van der Waals surface area (Å²) in [5.41, 5.74) is 3.65. The lowest BCUT2D eigenvalue weighted by molar-refractivity contribution is 0.102. The van der Waals surface area contributed by atoms with Crippen molar-refractivity contribution >= 4 is 17.5 Å². The average molecular weight is 451 g/mol. The zero-order valence-corrected chi connectivity index (χ0v) is 19.4. The number of methoxy groups -OCH3 is 1. The van der Waals surface area contributed by atoms with E-state index in [4.69, 9.17) is 9.15 Å². The van der Waals surface area contributed by atoms with Crippen molar-refractivity contribution in [2.24, 2.45) is 0 Å². The molecule has 0 saturated carbocycles. The van der Waals surface area contributed by atoms with Gasteiger partial charge in [0, 0.05) is 29.7 Å². The van der Waals surface area contributed by atoms with E-state index in [1.807, 2.05) is 66.9 Å². The molecule has 0 aliphatic heterocycles. The zero-order chi connectivity index (χ0) is 22.7. The van der Waals surface area contributed by atoms with Crippen molar-refractivity contribution in [3.8, 4) is 17.3 Å². The van der Waals surface area contributed by atoms with Crippen molar-refractivity contribution in [1.82, 2.24) is 19.3 Å². The van der Waals surface area contributed by atoms with Crippen LogP contribution in [-0.4, -0.2) is 44.6 Å². The van der Waals surface area contributed by atoms with Crippen LogP contribution in [0.5, 0.6) is 0 Å². The van der Waals surface area contributed by atoms with Crippen molar-refractivity contribution in [2.75, 3.05) is 19.5 Å². The summed E-state index contributed by atoms with van der Waals surface area (Å²) in [7, 11) is 1.69. The van der Waals surface area contributed by atoms with Gasteiger partial charge in [0.2, 0.25) is 5.82 Å². The first-order chi connectivity index (χ1) is 15.5. The van der Waals surface area contributed by atoms with E-state index >= 15 is 0 Å². The molecule has 0 fully saturated rings. The predicted octanol–water partition coefficient (Wildman–Crippen LogP) is 5.13. The highest BCUT2D eigenvalue weighted by molar-refractivity contribution is 7.99. The number of thioether (sulfide) groups is 1. The minimum Gasteiger partial charge on any atom is -0.461 e. The molecule has 1 aromatic carbocycles. The van der Waals surface area contributed by atoms with E-state index in [0.29, 0.717) is 23.3 Å². The summed E-state index contributed by atoms with van der Waals surface area (Å²) in [6, 6.07) is 15.6. The van der Waals surface area contributed by atoms with Crippen LogP contribution in [0.15, 0.2) is 64.4 Å². The second-order valence-electron chi connectivity index (χ2n) is 7.63. The van der Waals surface area contributed by atoms with Crippen LogP contribution in [-0.2, 0) is 4.74 Å². The quantitative estimate of drug-likeness (QED) is 0.260. The van der Waals surface area contributed by atoms with Gasteiger partial charge in [-0.1, -0.05) is 30.0 Å². The minimum absolute atomic E-state index is 0.0566. The molecule has 0 aliphatic carbocycles. The van der Waals surface area contributed by atoms with Gasteiger partial charge in [0.05, 0.1) is 24.7 Å². The molecule has 7 nitrogen and oxygen atoms in total. The highest BCUT2D eigenvalue weighted by Gasteiger charge is 2.22. The number of hydrogen-bond acceptors (Lipinski definition) is 6. The second-order valence-corrected chi connectivity index (χ2v) is 8.57. The van der Waals surface area contributed by atoms with E-state index in [9.17, 15) is 4.79 Å². The van der Waals surface area contributed by atoms with Gasteiger partial charge >= 0.3 is 0 Å². The number of hydrogen-bond donors (Lipinski definition) is 0. The molecular weight excluding hydrogens is 424 g/mol. The lowest BCUT2D eigenvalue weighted by Gasteiger charge is -2.17. The number of ketones is 1. The Morgan fingerprint density at radius 1 is 1.16 bits per heavy atom. The van der Waals surface area contributed by atoms with Gasteiger partial charge in [-0.05, 0) is 51.1 Å². The number of nitrogens with zero attached hydrogens (tertiary/aromatic N) is 4. The van der Waals surface area contributed by atoms with Crippen molar-refractivity contribution in [3.63, 3.8) is 0 Å². The molecule has 0 N–H and O–H groups in total. The number of aryl methyl sites for hydroxylation is 1. The molecule has 0 unspecified atom stereocenters. The van der Waals surface area contributed by atoms with E-state index in [1.54, 1.807) is 13.4 Å². The van der Waals surface area contributed by atoms with Gasteiger partial charge in [0.25, 0.3) is 0 Å². The molecule has 0 aliphatic rings. The zero-order valence-electron chi connectivity index (χ0n) is 18.6. The molecule has 4 rings (SSSR count). The lowest BCUT2D eigenvalue weighted by Crippen LogP contribution is -2.14. The standard InChI is InChI=1S/C24H26N4O3S/c1-16-13-20(18(3)27(16)17(2)14-30-4)21(29)15-32-24-26-25-23(22-11-8-12-31-22)28(24)19-9-6-5-7-10-19/h5-13,17H,14-15H2,1-4H3/t17-/m0/s1. The van der Waals surface area contributed by atoms with Gasteiger partial charge in [-0.3, -0.25) is 9.36 Å². The maximum atomic E-state index is 13.1. The monoisotopic (exact) mass is 450 g/mol. The third kappa shape index (κ3) is 4.28. The van der Waals surface area contributed by atoms with E-state index < -0.39 is 0 Å². The fourth-order valence-electron chi connectivity index (χ4n) is 4.00. The Kier molecular flexibility index (Phi) is 6.62. The number of aromatic nitrogens is 4. The maximum Gasteiger partial charge on any atom is 0.205 e. The molecule has 32 heavy (non-hydrogen) atoms. The smallest absolute Gasteiger partial charge is 0.205 e. The second kappa shape index (κ2) is 9.58. The van der Waals surface area contributed by atoms with Crippen molar-refractivity contribution in [1.29, 1.82) is 0 Å². The largest absolute Gasteiger partial charge is 0.461 e. The Morgan fingerprint density at radius 2 is 1.94 bits per heavy atom. The molecule has 0 bridgehead atoms. The van der Waals surface area contributed by atoms with Gasteiger partial charge in [-0.2, -0.15) is 0 Å². The van der Waals surface area contributed by atoms with Crippen molar-refractivity contribution < 1.29 is 13.9 Å². The number of benzene rings is 1. The Hall–Kier alpha value is -3.10. The number of Topliss-reactive ketones (excluding diaryl/α,β-unsaturated/α-hetero) is 1. The molecule has 8 heteroatoms. The first-order valence-corrected chi connectivity index (χ1v) is 11.4. The topological polar surface area (TPSA) is 75.1 Å². The van der Waals surface area contributed by atoms with Gasteiger partial charge in [0.15, 0.2) is 16.7 Å². The lowest BCUT2D eigenvalue weighted by atomic mass is 10.2. The number of furan rings is 1. The fraction of sp³-hybridized carbons (Fsp3) is 0.292. The summed E-state index contributed by atoms with van der Waals surface area (Å²) in [5.74, 6) is 1.53. The Labute approximate surface area is 191 Å². The van der Waals surface area contributed by atoms with E-state index in [2.05, 4.69) is 21.7 Å². The third-order valence-electron chi connectivity index (χ3n) is 5.36. The van der Waals surface area contributed by atoms with E-state index in [1.165, 1.54) is 11.8 Å². The first kappa shape index (κ1) is 22.1. The van der Waals surface area contributed by atoms with Gasteiger partial charge in [-0.15, -0.1) is 10.2 Å². The number of carbonyl (C=O) groups excluding carboxylic acids is 1. The van der Waals surface area contributed by atoms with Crippen LogP contribution in [0.2, 0.25) is 0 Å². The Morgan fingerprint density at radius 3 is 2.62 bits per heavy atom. The highest BCUT2D eigenvalue weighted by atomic mass is 32.2. The van der Waals surface area contributed by atoms with Gasteiger partial charge in [-0.25, -0.2) is 0 Å². The molecule has 0 amide bonds. The van der Waals surface area contributed by atoms with Crippen LogP contribution in [0.3, 0.4) is 0 Å². The summed E-state index contributed by atoms with van der Waals surface area (Å²) in [5, 5.41) is 9.32. The number of ether oxygens (including phenoxy) is 1. The molecule has 3 heterocycles. The van der Waals surface area contributed by atoms with E-state index in [-0.39, 0.29) is 17.6 Å². The molecule has 3 aromatic heterocycles. The van der Waals surface area contributed by atoms with Gasteiger partial charge < -0.3 is 13.7 Å². The van der Waals surface area contributed by atoms with Crippen LogP contribution in [0.1, 0.15) is 34.7 Å². The molecule has 0 saturated heterocycles. The fourth-order valence-corrected chi connectivity index (χ4v) is 4.84. The predicted molar refractivity (Wildman–Crippen MR) is 125 cm³/mol. The Bertz CT molecular complexity index is 1200. The third-order valence-corrected chi connectivity index (χ3v) is 6.28. The summed E-state index contributed by atoms with van der Waals surface area (Å²) < 4.78 is 14.9. The Balaban J connectivity index is 1.60. The van der Waals surface area contributed by atoms with Crippen molar-refractivity contribution in [2.45, 2.75) is 32.0 Å². The molecule has 0 radical (unpaired) electrons. The maximum absolute atomic E-state index is 13.1. The molecule has 0 spiro atoms. The molecule has 1 atom stereocenters. The number of rotatable bonds is 9. The summed E-state index contributed by atoms with van der Waals surface area (Å²) in [6.45, 7) is 6.68. The van der Waals surface area contributed by atoms with Crippen LogP contribution in [0, 0.1) is 13.8 Å². The van der Waals surface area contributed by atoms with Crippen LogP contribution >= 0.6 is 11.8 Å². The average Bonchev–Trinajstić information content (AvgIpc) is 3.51. The number of carbonyl (C=O) groups is 1. The van der Waals surface area contributed by atoms with Crippen molar-refractivity contribution in [3.05, 3.63) is 71.7 Å². The molecular formula is C24H26N4O3S. The van der Waals surface area contributed by atoms with Crippen LogP contribution in [0.25, 0.3) is 17.3 Å². The summed E-state index contributed by atoms with van der Waals surface area (Å²) in [4.78, 5) is 13.1. The first-order valence-electron chi connectivity index (χ1n) is 10.4. The van der Waals surface area contributed by atoms with E-state index in [0.717, 1.165) is 22.6 Å².